The van der Waals surface area contributed by atoms with E-state index in [0.29, 0.717) is 18.6 Å². The summed E-state index contributed by atoms with van der Waals surface area (Å²) in [7, 11) is 0. The number of aromatic nitrogens is 2. The normalized spacial score (nSPS) is 11.4. The summed E-state index contributed by atoms with van der Waals surface area (Å²) in [5, 5.41) is 13.4. The van der Waals surface area contributed by atoms with Crippen LogP contribution < -0.4 is 0 Å². The van der Waals surface area contributed by atoms with Gasteiger partial charge in [-0.05, 0) is 32.8 Å². The molecule has 4 heteroatoms. The van der Waals surface area contributed by atoms with Crippen LogP contribution >= 0.6 is 0 Å². The fraction of sp³-hybridized carbons (Fsp3) is 0.714. The molecule has 0 aliphatic rings. The van der Waals surface area contributed by atoms with E-state index in [1.807, 2.05) is 0 Å². The molecule has 1 aromatic rings. The molecule has 0 fully saturated rings. The van der Waals surface area contributed by atoms with Crippen molar-refractivity contribution < 1.29 is 0 Å². The van der Waals surface area contributed by atoms with Crippen LogP contribution in [0.2, 0.25) is 0 Å². The molecule has 0 saturated heterocycles. The minimum absolute atomic E-state index is 0.364. The highest BCUT2D eigenvalue weighted by atomic mass is 15.3. The standard InChI is InChI=1S/C14H24N4/c1-5-14(6-2)18-9-7-13(16-18)11-17(10-8-15)12(3)4/h7,9,12,14H,5-6,10-11H2,1-4H3. The van der Waals surface area contributed by atoms with E-state index in [1.165, 1.54) is 0 Å². The second-order valence-electron chi connectivity index (χ2n) is 4.91. The van der Waals surface area contributed by atoms with Gasteiger partial charge in [-0.3, -0.25) is 9.58 Å². The maximum atomic E-state index is 8.82. The Morgan fingerprint density at radius 1 is 1.39 bits per heavy atom. The highest BCUT2D eigenvalue weighted by Crippen LogP contribution is 2.15. The van der Waals surface area contributed by atoms with Gasteiger partial charge in [-0.25, -0.2) is 0 Å². The summed E-state index contributed by atoms with van der Waals surface area (Å²) >= 11 is 0. The van der Waals surface area contributed by atoms with Crippen molar-refractivity contribution in [2.75, 3.05) is 6.54 Å². The van der Waals surface area contributed by atoms with Crippen molar-refractivity contribution in [2.45, 2.75) is 59.2 Å². The van der Waals surface area contributed by atoms with Crippen LogP contribution in [-0.2, 0) is 6.54 Å². The molecule has 0 saturated carbocycles. The fourth-order valence-corrected chi connectivity index (χ4v) is 2.05. The molecule has 0 aliphatic heterocycles. The number of hydrogen-bond acceptors (Lipinski definition) is 3. The summed E-state index contributed by atoms with van der Waals surface area (Å²) in [6.45, 7) is 9.79. The second kappa shape index (κ2) is 7.17. The van der Waals surface area contributed by atoms with Gasteiger partial charge in [0, 0.05) is 18.8 Å². The average molecular weight is 248 g/mol. The van der Waals surface area contributed by atoms with Gasteiger partial charge in [0.25, 0.3) is 0 Å². The zero-order chi connectivity index (χ0) is 13.5. The Bertz CT molecular complexity index is 385. The van der Waals surface area contributed by atoms with Gasteiger partial charge in [-0.2, -0.15) is 10.4 Å². The Kier molecular flexibility index (Phi) is 5.87. The number of nitrogens with zero attached hydrogens (tertiary/aromatic N) is 4. The van der Waals surface area contributed by atoms with Gasteiger partial charge in [0.1, 0.15) is 0 Å². The minimum atomic E-state index is 0.364. The molecule has 1 rings (SSSR count). The van der Waals surface area contributed by atoms with Crippen molar-refractivity contribution >= 4 is 0 Å². The Morgan fingerprint density at radius 2 is 2.06 bits per heavy atom. The van der Waals surface area contributed by atoms with E-state index < -0.39 is 0 Å². The molecule has 0 amide bonds. The SMILES string of the molecule is CCC(CC)n1ccc(CN(CC#N)C(C)C)n1. The first-order valence-corrected chi connectivity index (χ1v) is 6.77. The summed E-state index contributed by atoms with van der Waals surface area (Å²) in [4.78, 5) is 2.12. The molecule has 0 radical (unpaired) electrons. The summed E-state index contributed by atoms with van der Waals surface area (Å²) < 4.78 is 2.06. The summed E-state index contributed by atoms with van der Waals surface area (Å²) in [5.74, 6) is 0. The van der Waals surface area contributed by atoms with E-state index in [-0.39, 0.29) is 0 Å². The molecule has 0 spiro atoms. The monoisotopic (exact) mass is 248 g/mol. The number of nitriles is 1. The Hall–Kier alpha value is -1.34. The van der Waals surface area contributed by atoms with Gasteiger partial charge in [-0.15, -0.1) is 0 Å². The third kappa shape index (κ3) is 3.85. The molecule has 100 valence electrons. The Morgan fingerprint density at radius 3 is 2.56 bits per heavy atom. The van der Waals surface area contributed by atoms with Crippen LogP contribution in [0.1, 0.15) is 52.3 Å². The van der Waals surface area contributed by atoms with E-state index in [2.05, 4.69) is 60.7 Å². The van der Waals surface area contributed by atoms with E-state index in [4.69, 9.17) is 5.26 Å². The molecule has 1 aromatic heterocycles. The van der Waals surface area contributed by atoms with Gasteiger partial charge < -0.3 is 0 Å². The number of rotatable bonds is 7. The molecule has 1 heterocycles. The maximum Gasteiger partial charge on any atom is 0.0871 e. The lowest BCUT2D eigenvalue weighted by Crippen LogP contribution is -2.30. The molecular weight excluding hydrogens is 224 g/mol. The van der Waals surface area contributed by atoms with E-state index >= 15 is 0 Å². The van der Waals surface area contributed by atoms with Crippen molar-refractivity contribution in [1.29, 1.82) is 5.26 Å². The van der Waals surface area contributed by atoms with Gasteiger partial charge in [0.15, 0.2) is 0 Å². The lowest BCUT2D eigenvalue weighted by atomic mass is 10.2. The van der Waals surface area contributed by atoms with Crippen molar-refractivity contribution in [2.24, 2.45) is 0 Å². The predicted octanol–water partition coefficient (Wildman–Crippen LogP) is 2.98. The van der Waals surface area contributed by atoms with Crippen LogP contribution in [0, 0.1) is 11.3 Å². The molecule has 4 nitrogen and oxygen atoms in total. The van der Waals surface area contributed by atoms with Crippen LogP contribution in [0.15, 0.2) is 12.3 Å². The third-order valence-corrected chi connectivity index (χ3v) is 3.35. The molecule has 0 atom stereocenters. The number of hydrogen-bond donors (Lipinski definition) is 0. The molecule has 0 N–H and O–H groups in total. The topological polar surface area (TPSA) is 44.9 Å². The first-order chi connectivity index (χ1) is 8.62. The van der Waals surface area contributed by atoms with Crippen molar-refractivity contribution in [3.8, 4) is 6.07 Å². The van der Waals surface area contributed by atoms with E-state index in [0.717, 1.165) is 25.1 Å². The van der Waals surface area contributed by atoms with Gasteiger partial charge in [0.2, 0.25) is 0 Å². The summed E-state index contributed by atoms with van der Waals surface area (Å²) in [5.41, 5.74) is 1.05. The van der Waals surface area contributed by atoms with E-state index in [1.54, 1.807) is 0 Å². The third-order valence-electron chi connectivity index (χ3n) is 3.35. The smallest absolute Gasteiger partial charge is 0.0871 e. The van der Waals surface area contributed by atoms with Crippen LogP contribution in [-0.4, -0.2) is 27.3 Å². The first kappa shape index (κ1) is 14.7. The molecule has 0 aromatic carbocycles. The van der Waals surface area contributed by atoms with Crippen LogP contribution in [0.25, 0.3) is 0 Å². The van der Waals surface area contributed by atoms with Crippen LogP contribution in [0.3, 0.4) is 0 Å². The van der Waals surface area contributed by atoms with E-state index in [9.17, 15) is 0 Å². The zero-order valence-electron chi connectivity index (χ0n) is 11.9. The minimum Gasteiger partial charge on any atom is -0.282 e. The molecule has 18 heavy (non-hydrogen) atoms. The Labute approximate surface area is 110 Å². The second-order valence-corrected chi connectivity index (χ2v) is 4.91. The van der Waals surface area contributed by atoms with Gasteiger partial charge in [-0.1, -0.05) is 13.8 Å². The molecule has 0 aliphatic carbocycles. The van der Waals surface area contributed by atoms with Crippen molar-refractivity contribution in [1.82, 2.24) is 14.7 Å². The highest BCUT2D eigenvalue weighted by Gasteiger charge is 2.13. The first-order valence-electron chi connectivity index (χ1n) is 6.77. The van der Waals surface area contributed by atoms with Crippen molar-refractivity contribution in [3.05, 3.63) is 18.0 Å². The van der Waals surface area contributed by atoms with Crippen LogP contribution in [0.4, 0.5) is 0 Å². The molecular formula is C14H24N4. The maximum absolute atomic E-state index is 8.82. The highest BCUT2D eigenvalue weighted by molar-refractivity contribution is 5.00. The fourth-order valence-electron chi connectivity index (χ4n) is 2.05. The lowest BCUT2D eigenvalue weighted by molar-refractivity contribution is 0.236. The average Bonchev–Trinajstić information content (AvgIpc) is 2.78. The van der Waals surface area contributed by atoms with Gasteiger partial charge >= 0.3 is 0 Å². The van der Waals surface area contributed by atoms with Gasteiger partial charge in [0.05, 0.1) is 24.3 Å². The summed E-state index contributed by atoms with van der Waals surface area (Å²) in [6.07, 6.45) is 4.26. The quantitative estimate of drug-likeness (QED) is 0.697. The zero-order valence-corrected chi connectivity index (χ0v) is 11.9. The Balaban J connectivity index is 2.71. The summed E-state index contributed by atoms with van der Waals surface area (Å²) in [6, 6.07) is 5.13. The molecule has 0 unspecified atom stereocenters. The predicted molar refractivity (Wildman–Crippen MR) is 73.0 cm³/mol. The van der Waals surface area contributed by atoms with Crippen molar-refractivity contribution in [3.63, 3.8) is 0 Å². The van der Waals surface area contributed by atoms with Crippen LogP contribution in [0.5, 0.6) is 0 Å². The largest absolute Gasteiger partial charge is 0.282 e. The lowest BCUT2D eigenvalue weighted by Gasteiger charge is -2.22. The molecule has 0 bridgehead atoms.